The van der Waals surface area contributed by atoms with Crippen LogP contribution in [0, 0.1) is 0 Å². The molecule has 1 atom stereocenters. The van der Waals surface area contributed by atoms with Gasteiger partial charge in [-0.25, -0.2) is 4.98 Å². The summed E-state index contributed by atoms with van der Waals surface area (Å²) in [6.45, 7) is 3.38. The van der Waals surface area contributed by atoms with Gasteiger partial charge in [0.05, 0.1) is 13.2 Å². The monoisotopic (exact) mass is 427 g/mol. The third-order valence-electron chi connectivity index (χ3n) is 5.52. The lowest BCUT2D eigenvalue weighted by Gasteiger charge is -2.32. The molecule has 2 fully saturated rings. The molecule has 2 aliphatic rings. The quantitative estimate of drug-likeness (QED) is 0.394. The van der Waals surface area contributed by atoms with E-state index in [-0.39, 0.29) is 0 Å². The highest BCUT2D eigenvalue weighted by Crippen LogP contribution is 2.40. The van der Waals surface area contributed by atoms with Crippen LogP contribution in [0.5, 0.6) is 0 Å². The van der Waals surface area contributed by atoms with Crippen LogP contribution in [0.15, 0.2) is 12.4 Å². The minimum Gasteiger partial charge on any atom is -0.382 e. The Bertz CT molecular complexity index is 585. The Morgan fingerprint density at radius 1 is 1.25 bits per heavy atom. The molecular formula is C20H33N3O3S2. The third-order valence-corrected chi connectivity index (χ3v) is 8.52. The molecule has 3 heterocycles. The molecule has 0 spiro atoms. The van der Waals surface area contributed by atoms with E-state index in [1.165, 1.54) is 25.0 Å². The van der Waals surface area contributed by atoms with Crippen molar-refractivity contribution in [1.29, 1.82) is 0 Å². The van der Waals surface area contributed by atoms with Gasteiger partial charge in [0.1, 0.15) is 12.6 Å². The number of ether oxygens (including phenoxy) is 2. The fourth-order valence-electron chi connectivity index (χ4n) is 3.85. The van der Waals surface area contributed by atoms with Gasteiger partial charge in [-0.1, -0.05) is 28.0 Å². The van der Waals surface area contributed by atoms with Crippen molar-refractivity contribution in [2.24, 2.45) is 0 Å². The third kappa shape index (κ3) is 6.68. The zero-order chi connectivity index (χ0) is 19.6. The van der Waals surface area contributed by atoms with Crippen LogP contribution in [0.1, 0.15) is 56.7 Å². The van der Waals surface area contributed by atoms with Gasteiger partial charge in [-0.3, -0.25) is 4.79 Å². The van der Waals surface area contributed by atoms with E-state index in [9.17, 15) is 4.79 Å². The predicted molar refractivity (Wildman–Crippen MR) is 116 cm³/mol. The number of methoxy groups -OCH3 is 1. The van der Waals surface area contributed by atoms with Crippen LogP contribution in [0.3, 0.4) is 0 Å². The number of carbonyl (C=O) groups is 1. The lowest BCUT2D eigenvalue weighted by atomic mass is 9.95. The van der Waals surface area contributed by atoms with Gasteiger partial charge >= 0.3 is 0 Å². The van der Waals surface area contributed by atoms with E-state index < -0.39 is 0 Å². The molecule has 2 saturated heterocycles. The number of imidazole rings is 1. The largest absolute Gasteiger partial charge is 0.382 e. The van der Waals surface area contributed by atoms with Gasteiger partial charge in [0.25, 0.3) is 0 Å². The van der Waals surface area contributed by atoms with Gasteiger partial charge < -0.3 is 18.9 Å². The van der Waals surface area contributed by atoms with Crippen molar-refractivity contribution in [3.05, 3.63) is 18.2 Å². The van der Waals surface area contributed by atoms with Crippen molar-refractivity contribution < 1.29 is 14.3 Å². The summed E-state index contributed by atoms with van der Waals surface area (Å²) in [5.41, 5.74) is 0. The molecule has 3 rings (SSSR count). The van der Waals surface area contributed by atoms with E-state index in [1.54, 1.807) is 7.11 Å². The fourth-order valence-corrected chi connectivity index (χ4v) is 6.88. The number of rotatable bonds is 11. The Kier molecular flexibility index (Phi) is 9.51. The molecule has 6 nitrogen and oxygen atoms in total. The minimum atomic E-state index is 0.332. The first-order chi connectivity index (χ1) is 13.8. The molecule has 1 unspecified atom stereocenters. The van der Waals surface area contributed by atoms with Gasteiger partial charge in [-0.2, -0.15) is 0 Å². The maximum absolute atomic E-state index is 12.5. The molecule has 1 aromatic heterocycles. The fraction of sp³-hybridized carbons (Fsp3) is 0.800. The van der Waals surface area contributed by atoms with Crippen LogP contribution >= 0.6 is 21.6 Å². The van der Waals surface area contributed by atoms with Crippen molar-refractivity contribution in [3.63, 3.8) is 0 Å². The van der Waals surface area contributed by atoms with Gasteiger partial charge in [0.2, 0.25) is 5.91 Å². The lowest BCUT2D eigenvalue weighted by Crippen LogP contribution is -2.38. The van der Waals surface area contributed by atoms with Crippen LogP contribution in [-0.2, 0) is 21.0 Å². The standard InChI is InChI=1S/C20H33N3O3S2/c1-25-13-14-26-16-23-12-9-21-20(23)17-6-10-22(11-7-17)19(24)5-3-2-4-18-8-15-27-28-18/h9,12,17-18H,2-8,10-11,13-16H2,1H3. The Morgan fingerprint density at radius 2 is 2.11 bits per heavy atom. The molecule has 158 valence electrons. The van der Waals surface area contributed by atoms with Crippen molar-refractivity contribution in [3.8, 4) is 0 Å². The Hall–Kier alpha value is -0.700. The average molecular weight is 428 g/mol. The summed E-state index contributed by atoms with van der Waals surface area (Å²) in [6.07, 6.45) is 11.3. The Balaban J connectivity index is 1.34. The van der Waals surface area contributed by atoms with Crippen LogP contribution in [-0.4, -0.2) is 64.8 Å². The second kappa shape index (κ2) is 12.1. The van der Waals surface area contributed by atoms with E-state index in [1.807, 2.05) is 34.0 Å². The number of piperidine rings is 1. The normalized spacial score (nSPS) is 20.8. The number of aromatic nitrogens is 2. The highest BCUT2D eigenvalue weighted by atomic mass is 33.1. The number of hydrogen-bond donors (Lipinski definition) is 0. The van der Waals surface area contributed by atoms with Gasteiger partial charge in [-0.15, -0.1) is 0 Å². The summed E-state index contributed by atoms with van der Waals surface area (Å²) in [6, 6.07) is 0. The summed E-state index contributed by atoms with van der Waals surface area (Å²) in [5.74, 6) is 3.11. The molecule has 28 heavy (non-hydrogen) atoms. The van der Waals surface area contributed by atoms with E-state index in [0.717, 1.165) is 43.4 Å². The first kappa shape index (κ1) is 22.0. The number of likely N-dealkylation sites (tertiary alicyclic amines) is 1. The molecule has 0 N–H and O–H groups in total. The van der Waals surface area contributed by atoms with Crippen LogP contribution < -0.4 is 0 Å². The number of carbonyl (C=O) groups excluding carboxylic acids is 1. The summed E-state index contributed by atoms with van der Waals surface area (Å²) in [7, 11) is 5.71. The van der Waals surface area contributed by atoms with Crippen molar-refractivity contribution >= 4 is 27.5 Å². The topological polar surface area (TPSA) is 56.6 Å². The lowest BCUT2D eigenvalue weighted by molar-refractivity contribution is -0.132. The molecule has 8 heteroatoms. The van der Waals surface area contributed by atoms with Crippen LogP contribution in [0.2, 0.25) is 0 Å². The molecule has 0 aromatic carbocycles. The van der Waals surface area contributed by atoms with E-state index in [0.29, 0.717) is 38.2 Å². The summed E-state index contributed by atoms with van der Waals surface area (Å²) in [5, 5.41) is 0.818. The summed E-state index contributed by atoms with van der Waals surface area (Å²) in [4.78, 5) is 19.1. The second-order valence-corrected chi connectivity index (χ2v) is 10.3. The van der Waals surface area contributed by atoms with Crippen LogP contribution in [0.4, 0.5) is 0 Å². The number of amides is 1. The zero-order valence-electron chi connectivity index (χ0n) is 16.9. The number of nitrogens with zero attached hydrogens (tertiary/aromatic N) is 3. The Morgan fingerprint density at radius 3 is 2.86 bits per heavy atom. The number of unbranched alkanes of at least 4 members (excludes halogenated alkanes) is 1. The molecule has 0 aliphatic carbocycles. The number of hydrogen-bond acceptors (Lipinski definition) is 6. The molecule has 0 radical (unpaired) electrons. The Labute approximate surface area is 176 Å². The molecule has 0 bridgehead atoms. The zero-order valence-corrected chi connectivity index (χ0v) is 18.5. The molecular weight excluding hydrogens is 394 g/mol. The smallest absolute Gasteiger partial charge is 0.222 e. The SMILES string of the molecule is COCCOCn1ccnc1C1CCN(C(=O)CCCCC2CCSS2)CC1. The first-order valence-corrected chi connectivity index (χ1v) is 12.8. The van der Waals surface area contributed by atoms with E-state index in [4.69, 9.17) is 9.47 Å². The molecule has 1 amide bonds. The van der Waals surface area contributed by atoms with Crippen molar-refractivity contribution in [1.82, 2.24) is 14.5 Å². The van der Waals surface area contributed by atoms with Crippen molar-refractivity contribution in [2.45, 2.75) is 62.8 Å². The minimum absolute atomic E-state index is 0.332. The van der Waals surface area contributed by atoms with Crippen molar-refractivity contribution in [2.75, 3.05) is 39.2 Å². The van der Waals surface area contributed by atoms with Gasteiger partial charge in [0.15, 0.2) is 0 Å². The van der Waals surface area contributed by atoms with E-state index >= 15 is 0 Å². The van der Waals surface area contributed by atoms with Gasteiger partial charge in [-0.05, 0) is 32.1 Å². The molecule has 2 aliphatic heterocycles. The highest BCUT2D eigenvalue weighted by Gasteiger charge is 2.26. The van der Waals surface area contributed by atoms with Gasteiger partial charge in [0, 0.05) is 55.9 Å². The summed E-state index contributed by atoms with van der Waals surface area (Å²) < 4.78 is 12.7. The second-order valence-electron chi connectivity index (χ2n) is 7.52. The van der Waals surface area contributed by atoms with E-state index in [2.05, 4.69) is 14.5 Å². The maximum atomic E-state index is 12.5. The first-order valence-electron chi connectivity index (χ1n) is 10.4. The average Bonchev–Trinajstić information content (AvgIpc) is 3.40. The maximum Gasteiger partial charge on any atom is 0.222 e. The molecule has 1 aromatic rings. The molecule has 0 saturated carbocycles. The highest BCUT2D eigenvalue weighted by molar-refractivity contribution is 8.77. The predicted octanol–water partition coefficient (Wildman–Crippen LogP) is 3.92. The van der Waals surface area contributed by atoms with Crippen LogP contribution in [0.25, 0.3) is 0 Å². The summed E-state index contributed by atoms with van der Waals surface area (Å²) >= 11 is 0.